The number of aliphatic hydroxyl groups is 1. The van der Waals surface area contributed by atoms with Crippen LogP contribution in [0, 0.1) is 5.92 Å². The fraction of sp³-hybridized carbons (Fsp3) is 0.538. The van der Waals surface area contributed by atoms with E-state index in [1.807, 2.05) is 12.1 Å². The molecule has 1 aromatic carbocycles. The number of methoxy groups -OCH3 is 2. The zero-order chi connectivity index (χ0) is 11.8. The molecule has 0 spiro atoms. The van der Waals surface area contributed by atoms with E-state index in [9.17, 15) is 5.11 Å². The topological polar surface area (TPSA) is 38.7 Å². The molecule has 1 aliphatic carbocycles. The van der Waals surface area contributed by atoms with Crippen LogP contribution in [-0.4, -0.2) is 25.9 Å². The summed E-state index contributed by atoms with van der Waals surface area (Å²) in [4.78, 5) is 0. The second-order valence-electron chi connectivity index (χ2n) is 4.57. The van der Waals surface area contributed by atoms with Crippen molar-refractivity contribution in [2.24, 2.45) is 5.92 Å². The van der Waals surface area contributed by atoms with Crippen LogP contribution >= 0.6 is 0 Å². The minimum Gasteiger partial charge on any atom is -0.493 e. The third-order valence-electron chi connectivity index (χ3n) is 3.67. The van der Waals surface area contributed by atoms with Gasteiger partial charge in [-0.2, -0.15) is 0 Å². The molecule has 0 radical (unpaired) electrons. The molecule has 2 rings (SSSR count). The molecule has 0 bridgehead atoms. The largest absolute Gasteiger partial charge is 0.493 e. The van der Waals surface area contributed by atoms with E-state index in [1.165, 1.54) is 5.56 Å². The van der Waals surface area contributed by atoms with Crippen LogP contribution in [0.5, 0.6) is 11.5 Å². The van der Waals surface area contributed by atoms with Crippen molar-refractivity contribution in [3.8, 4) is 11.5 Å². The van der Waals surface area contributed by atoms with E-state index in [-0.39, 0.29) is 12.0 Å². The van der Waals surface area contributed by atoms with Crippen molar-refractivity contribution in [1.29, 1.82) is 0 Å². The summed E-state index contributed by atoms with van der Waals surface area (Å²) in [6, 6.07) is 5.98. The Morgan fingerprint density at radius 2 is 2.00 bits per heavy atom. The highest BCUT2D eigenvalue weighted by Gasteiger charge is 2.50. The fourth-order valence-corrected chi connectivity index (χ4v) is 2.26. The van der Waals surface area contributed by atoms with Gasteiger partial charge in [-0.15, -0.1) is 0 Å². The molecule has 1 N–H and O–H groups in total. The first-order valence-electron chi connectivity index (χ1n) is 5.49. The molecular weight excluding hydrogens is 204 g/mol. The molecule has 0 aromatic heterocycles. The Kier molecular flexibility index (Phi) is 2.80. The van der Waals surface area contributed by atoms with Crippen LogP contribution in [0.3, 0.4) is 0 Å². The fourth-order valence-electron chi connectivity index (χ4n) is 2.26. The Labute approximate surface area is 96.0 Å². The summed E-state index contributed by atoms with van der Waals surface area (Å²) in [5, 5.41) is 9.17. The van der Waals surface area contributed by atoms with Gasteiger partial charge in [0, 0.05) is 6.61 Å². The molecular formula is C13H18O3. The second kappa shape index (κ2) is 3.98. The van der Waals surface area contributed by atoms with Crippen molar-refractivity contribution in [1.82, 2.24) is 0 Å². The molecule has 2 atom stereocenters. The van der Waals surface area contributed by atoms with E-state index >= 15 is 0 Å². The van der Waals surface area contributed by atoms with Crippen molar-refractivity contribution in [3.63, 3.8) is 0 Å². The Morgan fingerprint density at radius 3 is 2.50 bits per heavy atom. The van der Waals surface area contributed by atoms with E-state index < -0.39 is 0 Å². The van der Waals surface area contributed by atoms with Crippen molar-refractivity contribution < 1.29 is 14.6 Å². The highest BCUT2D eigenvalue weighted by Crippen LogP contribution is 2.54. The molecule has 1 aliphatic rings. The summed E-state index contributed by atoms with van der Waals surface area (Å²) in [5.74, 6) is 1.88. The van der Waals surface area contributed by atoms with Gasteiger partial charge in [-0.1, -0.05) is 13.0 Å². The number of rotatable bonds is 4. The Bertz CT molecular complexity index is 389. The van der Waals surface area contributed by atoms with Gasteiger partial charge in [0.25, 0.3) is 0 Å². The molecule has 0 heterocycles. The van der Waals surface area contributed by atoms with Crippen LogP contribution in [0.1, 0.15) is 18.9 Å². The van der Waals surface area contributed by atoms with Crippen molar-refractivity contribution in [2.45, 2.75) is 18.8 Å². The molecule has 2 unspecified atom stereocenters. The van der Waals surface area contributed by atoms with Gasteiger partial charge in [0.1, 0.15) is 0 Å². The SMILES string of the molecule is COc1ccc(C2(C)CC2CO)cc1OC. The van der Waals surface area contributed by atoms with Crippen molar-refractivity contribution >= 4 is 0 Å². The maximum absolute atomic E-state index is 9.17. The van der Waals surface area contributed by atoms with Crippen LogP contribution in [0.25, 0.3) is 0 Å². The third-order valence-corrected chi connectivity index (χ3v) is 3.67. The third kappa shape index (κ3) is 1.65. The predicted molar refractivity (Wildman–Crippen MR) is 62.1 cm³/mol. The maximum Gasteiger partial charge on any atom is 0.161 e. The molecule has 3 heteroatoms. The minimum absolute atomic E-state index is 0.105. The first-order chi connectivity index (χ1) is 7.65. The van der Waals surface area contributed by atoms with E-state index in [1.54, 1.807) is 14.2 Å². The summed E-state index contributed by atoms with van der Waals surface area (Å²) >= 11 is 0. The highest BCUT2D eigenvalue weighted by molar-refractivity contribution is 5.47. The lowest BCUT2D eigenvalue weighted by molar-refractivity contribution is 0.265. The summed E-state index contributed by atoms with van der Waals surface area (Å²) < 4.78 is 10.5. The van der Waals surface area contributed by atoms with Crippen molar-refractivity contribution in [3.05, 3.63) is 23.8 Å². The van der Waals surface area contributed by atoms with Crippen LogP contribution in [-0.2, 0) is 5.41 Å². The van der Waals surface area contributed by atoms with E-state index in [0.29, 0.717) is 5.92 Å². The number of hydrogen-bond acceptors (Lipinski definition) is 3. The van der Waals surface area contributed by atoms with Gasteiger partial charge in [-0.25, -0.2) is 0 Å². The van der Waals surface area contributed by atoms with Gasteiger partial charge in [-0.05, 0) is 35.4 Å². The molecule has 1 aromatic rings. The molecule has 1 saturated carbocycles. The summed E-state index contributed by atoms with van der Waals surface area (Å²) in [6.07, 6.45) is 1.04. The molecule has 0 saturated heterocycles. The van der Waals surface area contributed by atoms with Crippen LogP contribution in [0.15, 0.2) is 18.2 Å². The standard InChI is InChI=1S/C13H18O3/c1-13(7-10(13)8-14)9-4-5-11(15-2)12(6-9)16-3/h4-6,10,14H,7-8H2,1-3H3. The molecule has 16 heavy (non-hydrogen) atoms. The van der Waals surface area contributed by atoms with Crippen LogP contribution in [0.2, 0.25) is 0 Å². The Balaban J connectivity index is 2.30. The first kappa shape index (κ1) is 11.3. The molecule has 0 amide bonds. The number of ether oxygens (including phenoxy) is 2. The van der Waals surface area contributed by atoms with Crippen LogP contribution in [0.4, 0.5) is 0 Å². The predicted octanol–water partition coefficient (Wildman–Crippen LogP) is 1.97. The number of hydrogen-bond donors (Lipinski definition) is 1. The van der Waals surface area contributed by atoms with E-state index in [4.69, 9.17) is 9.47 Å². The van der Waals surface area contributed by atoms with Gasteiger partial charge in [0.15, 0.2) is 11.5 Å². The lowest BCUT2D eigenvalue weighted by atomic mass is 9.95. The van der Waals surface area contributed by atoms with Gasteiger partial charge in [0.2, 0.25) is 0 Å². The summed E-state index contributed by atoms with van der Waals surface area (Å²) in [6.45, 7) is 2.43. The lowest BCUT2D eigenvalue weighted by Crippen LogP contribution is -2.07. The summed E-state index contributed by atoms with van der Waals surface area (Å²) in [5.41, 5.74) is 1.32. The average Bonchev–Trinajstić information content (AvgIpc) is 3.01. The second-order valence-corrected chi connectivity index (χ2v) is 4.57. The quantitative estimate of drug-likeness (QED) is 0.846. The minimum atomic E-state index is 0.105. The lowest BCUT2D eigenvalue weighted by Gasteiger charge is -2.14. The Hall–Kier alpha value is -1.22. The maximum atomic E-state index is 9.17. The first-order valence-corrected chi connectivity index (χ1v) is 5.49. The Morgan fingerprint density at radius 1 is 1.31 bits per heavy atom. The highest BCUT2D eigenvalue weighted by atomic mass is 16.5. The van der Waals surface area contributed by atoms with Gasteiger partial charge >= 0.3 is 0 Å². The monoisotopic (exact) mass is 222 g/mol. The van der Waals surface area contributed by atoms with Crippen molar-refractivity contribution in [2.75, 3.05) is 20.8 Å². The molecule has 88 valence electrons. The molecule has 3 nitrogen and oxygen atoms in total. The molecule has 1 fully saturated rings. The van der Waals surface area contributed by atoms with Gasteiger partial charge < -0.3 is 14.6 Å². The number of aliphatic hydroxyl groups excluding tert-OH is 1. The average molecular weight is 222 g/mol. The molecule has 0 aliphatic heterocycles. The smallest absolute Gasteiger partial charge is 0.161 e. The van der Waals surface area contributed by atoms with E-state index in [0.717, 1.165) is 17.9 Å². The van der Waals surface area contributed by atoms with Gasteiger partial charge in [0.05, 0.1) is 14.2 Å². The van der Waals surface area contributed by atoms with Crippen LogP contribution < -0.4 is 9.47 Å². The zero-order valence-corrected chi connectivity index (χ0v) is 9.99. The van der Waals surface area contributed by atoms with E-state index in [2.05, 4.69) is 13.0 Å². The van der Waals surface area contributed by atoms with Gasteiger partial charge in [-0.3, -0.25) is 0 Å². The zero-order valence-electron chi connectivity index (χ0n) is 9.99. The normalized spacial score (nSPS) is 27.6. The number of benzene rings is 1. The summed E-state index contributed by atoms with van der Waals surface area (Å²) in [7, 11) is 3.27.